The van der Waals surface area contributed by atoms with Gasteiger partial charge in [-0.15, -0.1) is 11.3 Å². The van der Waals surface area contributed by atoms with Crippen molar-refractivity contribution in [3.8, 4) is 11.3 Å². The number of hydrogen-bond acceptors (Lipinski definition) is 4. The van der Waals surface area contributed by atoms with Crippen molar-refractivity contribution in [2.24, 2.45) is 0 Å². The van der Waals surface area contributed by atoms with E-state index in [2.05, 4.69) is 24.9 Å². The Hall–Kier alpha value is -1.94. The summed E-state index contributed by atoms with van der Waals surface area (Å²) in [5.74, 6) is 1.50. The van der Waals surface area contributed by atoms with Crippen LogP contribution in [0.2, 0.25) is 0 Å². The Kier molecular flexibility index (Phi) is 2.95. The van der Waals surface area contributed by atoms with Crippen LogP contribution in [0.25, 0.3) is 21.5 Å². The van der Waals surface area contributed by atoms with E-state index < -0.39 is 0 Å². The van der Waals surface area contributed by atoms with E-state index in [9.17, 15) is 4.79 Å². The number of aldehydes is 1. The highest BCUT2D eigenvalue weighted by Gasteiger charge is 2.10. The van der Waals surface area contributed by atoms with Crippen molar-refractivity contribution in [1.29, 1.82) is 0 Å². The van der Waals surface area contributed by atoms with E-state index in [0.29, 0.717) is 23.7 Å². The zero-order valence-corrected chi connectivity index (χ0v) is 11.5. The number of thiazole rings is 1. The maximum atomic E-state index is 10.6. The molecule has 0 aliphatic carbocycles. The normalized spacial score (nSPS) is 11.3. The van der Waals surface area contributed by atoms with Gasteiger partial charge >= 0.3 is 0 Å². The minimum absolute atomic E-state index is 0.349. The average Bonchev–Trinajstić information content (AvgIpc) is 3.04. The maximum absolute atomic E-state index is 10.6. The van der Waals surface area contributed by atoms with Gasteiger partial charge in [0, 0.05) is 11.5 Å². The lowest BCUT2D eigenvalue weighted by atomic mass is 10.1. The molecule has 0 spiro atoms. The van der Waals surface area contributed by atoms with Gasteiger partial charge in [-0.2, -0.15) is 0 Å². The van der Waals surface area contributed by atoms with Gasteiger partial charge in [0.05, 0.1) is 15.2 Å². The van der Waals surface area contributed by atoms with Crippen LogP contribution in [-0.2, 0) is 0 Å². The van der Waals surface area contributed by atoms with E-state index in [-0.39, 0.29) is 0 Å². The second-order valence-corrected chi connectivity index (χ2v) is 5.77. The Balaban J connectivity index is 2.07. The molecule has 0 N–H and O–H groups in total. The van der Waals surface area contributed by atoms with E-state index in [1.165, 1.54) is 0 Å². The van der Waals surface area contributed by atoms with Crippen LogP contribution < -0.4 is 0 Å². The standard InChI is InChI=1S/C15H13NO2S/c1-9(2)15-16-12-5-3-10(7-14(12)19-15)13-6-4-11(8-17)18-13/h3-9H,1-2H3. The smallest absolute Gasteiger partial charge is 0.185 e. The summed E-state index contributed by atoms with van der Waals surface area (Å²) in [6.07, 6.45) is 0.714. The summed E-state index contributed by atoms with van der Waals surface area (Å²) in [6.45, 7) is 4.28. The molecule has 0 fully saturated rings. The highest BCUT2D eigenvalue weighted by molar-refractivity contribution is 7.18. The lowest BCUT2D eigenvalue weighted by Crippen LogP contribution is -1.82. The molecule has 0 aliphatic heterocycles. The third-order valence-electron chi connectivity index (χ3n) is 2.93. The number of hydrogen-bond donors (Lipinski definition) is 0. The molecule has 4 heteroatoms. The Morgan fingerprint density at radius 2 is 2.11 bits per heavy atom. The number of benzene rings is 1. The van der Waals surface area contributed by atoms with E-state index in [1.54, 1.807) is 17.4 Å². The first-order valence-corrected chi connectivity index (χ1v) is 6.95. The lowest BCUT2D eigenvalue weighted by Gasteiger charge is -1.95. The molecule has 3 nitrogen and oxygen atoms in total. The number of aromatic nitrogens is 1. The molecule has 0 radical (unpaired) electrons. The van der Waals surface area contributed by atoms with Gasteiger partial charge in [-0.1, -0.05) is 13.8 Å². The van der Waals surface area contributed by atoms with Gasteiger partial charge < -0.3 is 4.42 Å². The molecule has 3 rings (SSSR count). The van der Waals surface area contributed by atoms with Gasteiger partial charge in [-0.25, -0.2) is 4.98 Å². The average molecular weight is 271 g/mol. The first kappa shape index (κ1) is 12.1. The summed E-state index contributed by atoms with van der Waals surface area (Å²) in [6, 6.07) is 9.52. The summed E-state index contributed by atoms with van der Waals surface area (Å²) in [5, 5.41) is 1.14. The van der Waals surface area contributed by atoms with Crippen molar-refractivity contribution in [2.45, 2.75) is 19.8 Å². The van der Waals surface area contributed by atoms with Crippen molar-refractivity contribution < 1.29 is 9.21 Å². The Labute approximate surface area is 114 Å². The van der Waals surface area contributed by atoms with Crippen molar-refractivity contribution >= 4 is 27.8 Å². The molecule has 0 saturated heterocycles. The SMILES string of the molecule is CC(C)c1nc2ccc(-c3ccc(C=O)o3)cc2s1. The summed E-state index contributed by atoms with van der Waals surface area (Å²) >= 11 is 1.70. The molecular weight excluding hydrogens is 258 g/mol. The molecule has 96 valence electrons. The number of furan rings is 1. The number of carbonyl (C=O) groups excluding carboxylic acids is 1. The molecule has 1 aromatic carbocycles. The molecule has 2 aromatic heterocycles. The number of fused-ring (bicyclic) bond motifs is 1. The topological polar surface area (TPSA) is 43.1 Å². The van der Waals surface area contributed by atoms with E-state index in [0.717, 1.165) is 20.8 Å². The fourth-order valence-corrected chi connectivity index (χ4v) is 2.92. The van der Waals surface area contributed by atoms with Crippen LogP contribution in [0.4, 0.5) is 0 Å². The predicted octanol–water partition coefficient (Wildman–Crippen LogP) is 4.49. The van der Waals surface area contributed by atoms with Crippen LogP contribution in [0.3, 0.4) is 0 Å². The summed E-state index contributed by atoms with van der Waals surface area (Å²) in [4.78, 5) is 15.2. The van der Waals surface area contributed by atoms with E-state index in [4.69, 9.17) is 4.42 Å². The Bertz CT molecular complexity index is 740. The van der Waals surface area contributed by atoms with Crippen molar-refractivity contribution in [3.63, 3.8) is 0 Å². The third-order valence-corrected chi connectivity index (χ3v) is 4.25. The number of nitrogens with zero attached hydrogens (tertiary/aromatic N) is 1. The third kappa shape index (κ3) is 2.19. The fourth-order valence-electron chi connectivity index (χ4n) is 1.91. The van der Waals surface area contributed by atoms with Crippen LogP contribution in [-0.4, -0.2) is 11.3 Å². The summed E-state index contributed by atoms with van der Waals surface area (Å²) < 4.78 is 6.58. The molecule has 0 atom stereocenters. The van der Waals surface area contributed by atoms with Crippen LogP contribution in [0, 0.1) is 0 Å². The second kappa shape index (κ2) is 4.63. The van der Waals surface area contributed by atoms with Crippen LogP contribution in [0.1, 0.15) is 35.3 Å². The van der Waals surface area contributed by atoms with E-state index >= 15 is 0 Å². The van der Waals surface area contributed by atoms with Crippen molar-refractivity contribution in [3.05, 3.63) is 41.1 Å². The monoisotopic (exact) mass is 271 g/mol. The molecule has 0 amide bonds. The largest absolute Gasteiger partial charge is 0.453 e. The molecule has 3 aromatic rings. The second-order valence-electron chi connectivity index (χ2n) is 4.71. The first-order chi connectivity index (χ1) is 9.17. The van der Waals surface area contributed by atoms with Crippen molar-refractivity contribution in [1.82, 2.24) is 4.98 Å². The van der Waals surface area contributed by atoms with Crippen LogP contribution >= 0.6 is 11.3 Å². The predicted molar refractivity (Wildman–Crippen MR) is 76.8 cm³/mol. The molecule has 0 unspecified atom stereocenters. The van der Waals surface area contributed by atoms with Gasteiger partial charge in [-0.3, -0.25) is 4.79 Å². The minimum Gasteiger partial charge on any atom is -0.453 e. The van der Waals surface area contributed by atoms with Crippen LogP contribution in [0.15, 0.2) is 34.7 Å². The Morgan fingerprint density at radius 3 is 2.79 bits per heavy atom. The van der Waals surface area contributed by atoms with Gasteiger partial charge in [0.15, 0.2) is 12.0 Å². The van der Waals surface area contributed by atoms with Crippen LogP contribution in [0.5, 0.6) is 0 Å². The molecule has 0 bridgehead atoms. The first-order valence-electron chi connectivity index (χ1n) is 6.13. The highest BCUT2D eigenvalue weighted by Crippen LogP contribution is 2.31. The zero-order valence-electron chi connectivity index (χ0n) is 10.7. The molecule has 0 saturated carbocycles. The van der Waals surface area contributed by atoms with Gasteiger partial charge in [0.1, 0.15) is 5.76 Å². The number of carbonyl (C=O) groups is 1. The molecule has 19 heavy (non-hydrogen) atoms. The Morgan fingerprint density at radius 1 is 1.26 bits per heavy atom. The molecule has 2 heterocycles. The summed E-state index contributed by atoms with van der Waals surface area (Å²) in [7, 11) is 0. The molecular formula is C15H13NO2S. The lowest BCUT2D eigenvalue weighted by molar-refractivity contribution is 0.110. The minimum atomic E-state index is 0.349. The van der Waals surface area contributed by atoms with Gasteiger partial charge in [-0.05, 0) is 30.3 Å². The quantitative estimate of drug-likeness (QED) is 0.659. The fraction of sp³-hybridized carbons (Fsp3) is 0.200. The summed E-state index contributed by atoms with van der Waals surface area (Å²) in [5.41, 5.74) is 1.99. The zero-order chi connectivity index (χ0) is 13.4. The van der Waals surface area contributed by atoms with Gasteiger partial charge in [0.2, 0.25) is 0 Å². The van der Waals surface area contributed by atoms with Crippen molar-refractivity contribution in [2.75, 3.05) is 0 Å². The highest BCUT2D eigenvalue weighted by atomic mass is 32.1. The van der Waals surface area contributed by atoms with E-state index in [1.807, 2.05) is 18.2 Å². The maximum Gasteiger partial charge on any atom is 0.185 e. The molecule has 0 aliphatic rings. The number of rotatable bonds is 3. The van der Waals surface area contributed by atoms with Gasteiger partial charge in [0.25, 0.3) is 0 Å².